The van der Waals surface area contributed by atoms with Gasteiger partial charge in [0.15, 0.2) is 0 Å². The molecule has 2 amide bonds. The zero-order chi connectivity index (χ0) is 20.1. The van der Waals surface area contributed by atoms with Crippen LogP contribution in [0.1, 0.15) is 18.1 Å². The monoisotopic (exact) mass is 397 g/mol. The Bertz CT molecular complexity index is 843. The van der Waals surface area contributed by atoms with E-state index in [1.165, 1.54) is 16.0 Å². The Balaban J connectivity index is 1.51. The first-order chi connectivity index (χ1) is 13.4. The average molecular weight is 398 g/mol. The van der Waals surface area contributed by atoms with Crippen LogP contribution < -0.4 is 5.32 Å². The van der Waals surface area contributed by atoms with Crippen LogP contribution in [0.4, 0.5) is 5.69 Å². The van der Waals surface area contributed by atoms with Gasteiger partial charge in [-0.05, 0) is 55.3 Å². The van der Waals surface area contributed by atoms with Crippen LogP contribution in [0.5, 0.6) is 0 Å². The second-order valence-corrected chi connectivity index (χ2v) is 8.34. The Morgan fingerprint density at radius 2 is 1.68 bits per heavy atom. The summed E-state index contributed by atoms with van der Waals surface area (Å²) >= 11 is 1.73. The van der Waals surface area contributed by atoms with Crippen LogP contribution >= 0.6 is 11.8 Å². The normalized spacial score (nSPS) is 14.8. The zero-order valence-corrected chi connectivity index (χ0v) is 17.5. The van der Waals surface area contributed by atoms with Gasteiger partial charge in [0.2, 0.25) is 11.8 Å². The highest BCUT2D eigenvalue weighted by molar-refractivity contribution is 7.99. The van der Waals surface area contributed by atoms with Crippen LogP contribution in [0, 0.1) is 13.8 Å². The van der Waals surface area contributed by atoms with E-state index < -0.39 is 0 Å². The molecular weight excluding hydrogens is 370 g/mol. The lowest BCUT2D eigenvalue weighted by Crippen LogP contribution is -2.49. The van der Waals surface area contributed by atoms with Crippen molar-refractivity contribution in [1.82, 2.24) is 9.80 Å². The Morgan fingerprint density at radius 1 is 1.00 bits per heavy atom. The highest BCUT2D eigenvalue weighted by Gasteiger charge is 2.20. The third-order valence-electron chi connectivity index (χ3n) is 4.89. The lowest BCUT2D eigenvalue weighted by molar-refractivity contribution is -0.130. The first kappa shape index (κ1) is 20.4. The lowest BCUT2D eigenvalue weighted by atomic mass is 10.2. The fourth-order valence-corrected chi connectivity index (χ4v) is 4.17. The lowest BCUT2D eigenvalue weighted by Gasteiger charge is -2.33. The summed E-state index contributed by atoms with van der Waals surface area (Å²) in [7, 11) is 0. The third-order valence-corrected chi connectivity index (χ3v) is 6.06. The van der Waals surface area contributed by atoms with E-state index in [4.69, 9.17) is 0 Å². The quantitative estimate of drug-likeness (QED) is 0.838. The summed E-state index contributed by atoms with van der Waals surface area (Å²) in [6, 6.07) is 14.4. The molecule has 3 rings (SSSR count). The summed E-state index contributed by atoms with van der Waals surface area (Å²) < 4.78 is 0. The van der Waals surface area contributed by atoms with E-state index in [0.29, 0.717) is 19.6 Å². The van der Waals surface area contributed by atoms with E-state index in [0.717, 1.165) is 23.7 Å². The number of nitrogens with zero attached hydrogens (tertiary/aromatic N) is 2. The summed E-state index contributed by atoms with van der Waals surface area (Å²) in [5.74, 6) is 0.0779. The van der Waals surface area contributed by atoms with E-state index in [-0.39, 0.29) is 11.8 Å². The highest BCUT2D eigenvalue weighted by atomic mass is 32.2. The van der Waals surface area contributed by atoms with Gasteiger partial charge in [-0.15, -0.1) is 0 Å². The molecule has 2 aromatic carbocycles. The number of rotatable bonds is 5. The average Bonchev–Trinajstić information content (AvgIpc) is 2.66. The zero-order valence-electron chi connectivity index (χ0n) is 16.7. The van der Waals surface area contributed by atoms with E-state index in [2.05, 4.69) is 42.3 Å². The van der Waals surface area contributed by atoms with Gasteiger partial charge in [-0.1, -0.05) is 23.9 Å². The summed E-state index contributed by atoms with van der Waals surface area (Å²) in [5, 5.41) is 2.96. The number of carbonyl (C=O) groups is 2. The van der Waals surface area contributed by atoms with Crippen LogP contribution in [0.2, 0.25) is 0 Å². The molecular formula is C22H27N3O2S. The number of nitrogens with one attached hydrogen (secondary N) is 1. The van der Waals surface area contributed by atoms with Gasteiger partial charge in [-0.2, -0.15) is 0 Å². The van der Waals surface area contributed by atoms with Crippen molar-refractivity contribution in [2.24, 2.45) is 0 Å². The predicted molar refractivity (Wildman–Crippen MR) is 114 cm³/mol. The molecule has 0 radical (unpaired) electrons. The molecule has 1 aliphatic rings. The molecule has 0 aliphatic carbocycles. The van der Waals surface area contributed by atoms with Crippen molar-refractivity contribution in [2.45, 2.75) is 30.6 Å². The fourth-order valence-electron chi connectivity index (χ4n) is 3.18. The maximum Gasteiger partial charge on any atom is 0.238 e. The molecule has 148 valence electrons. The summed E-state index contributed by atoms with van der Waals surface area (Å²) in [6.07, 6.45) is 0. The van der Waals surface area contributed by atoms with Gasteiger partial charge in [-0.25, -0.2) is 0 Å². The fraction of sp³-hybridized carbons (Fsp3) is 0.364. The molecule has 1 aliphatic heterocycles. The van der Waals surface area contributed by atoms with Crippen molar-refractivity contribution >= 4 is 29.3 Å². The molecule has 1 N–H and O–H groups in total. The molecule has 0 aromatic heterocycles. The Kier molecular flexibility index (Phi) is 6.75. The number of amides is 2. The predicted octanol–water partition coefficient (Wildman–Crippen LogP) is 3.56. The largest absolute Gasteiger partial charge is 0.340 e. The maximum absolute atomic E-state index is 12.3. The molecule has 0 saturated carbocycles. The van der Waals surface area contributed by atoms with Crippen molar-refractivity contribution in [3.8, 4) is 0 Å². The second-order valence-electron chi connectivity index (χ2n) is 7.23. The first-order valence-corrected chi connectivity index (χ1v) is 10.4. The van der Waals surface area contributed by atoms with Gasteiger partial charge >= 0.3 is 0 Å². The van der Waals surface area contributed by atoms with Gasteiger partial charge < -0.3 is 10.2 Å². The summed E-state index contributed by atoms with van der Waals surface area (Å²) in [5.41, 5.74) is 3.32. The van der Waals surface area contributed by atoms with Crippen LogP contribution in [-0.2, 0) is 9.59 Å². The first-order valence-electron chi connectivity index (χ1n) is 9.53. The minimum Gasteiger partial charge on any atom is -0.340 e. The molecule has 5 nitrogen and oxygen atoms in total. The van der Waals surface area contributed by atoms with E-state index >= 15 is 0 Å². The van der Waals surface area contributed by atoms with Crippen LogP contribution in [0.25, 0.3) is 0 Å². The molecule has 1 saturated heterocycles. The molecule has 0 spiro atoms. The number of carbonyl (C=O) groups excluding carboxylic acids is 2. The minimum absolute atomic E-state index is 0.0220. The van der Waals surface area contributed by atoms with Gasteiger partial charge in [0.25, 0.3) is 0 Å². The van der Waals surface area contributed by atoms with Crippen molar-refractivity contribution in [2.75, 3.05) is 38.0 Å². The number of hydrogen-bond acceptors (Lipinski definition) is 4. The standard InChI is InChI=1S/C22H27N3O2S/c1-16-4-5-17(2)21(14-16)28-20-8-6-19(7-9-20)23-22(27)15-24-10-12-25(13-11-24)18(3)26/h4-9,14H,10-13,15H2,1-3H3,(H,23,27). The molecule has 2 aromatic rings. The third kappa shape index (κ3) is 5.59. The van der Waals surface area contributed by atoms with Crippen molar-refractivity contribution in [1.29, 1.82) is 0 Å². The Morgan fingerprint density at radius 3 is 2.32 bits per heavy atom. The van der Waals surface area contributed by atoms with Crippen molar-refractivity contribution in [3.63, 3.8) is 0 Å². The van der Waals surface area contributed by atoms with Gasteiger partial charge in [-0.3, -0.25) is 14.5 Å². The van der Waals surface area contributed by atoms with Crippen LogP contribution in [0.3, 0.4) is 0 Å². The van der Waals surface area contributed by atoms with Crippen LogP contribution in [0.15, 0.2) is 52.3 Å². The molecule has 1 heterocycles. The molecule has 6 heteroatoms. The van der Waals surface area contributed by atoms with Crippen LogP contribution in [-0.4, -0.2) is 54.3 Å². The Hall–Kier alpha value is -2.31. The molecule has 0 atom stereocenters. The second kappa shape index (κ2) is 9.26. The molecule has 1 fully saturated rings. The van der Waals surface area contributed by atoms with Crippen molar-refractivity contribution in [3.05, 3.63) is 53.6 Å². The van der Waals surface area contributed by atoms with Gasteiger partial charge in [0, 0.05) is 48.6 Å². The minimum atomic E-state index is -0.0220. The number of piperazine rings is 1. The highest BCUT2D eigenvalue weighted by Crippen LogP contribution is 2.31. The molecule has 0 bridgehead atoms. The molecule has 0 unspecified atom stereocenters. The van der Waals surface area contributed by atoms with Gasteiger partial charge in [0.05, 0.1) is 6.54 Å². The maximum atomic E-state index is 12.3. The molecule has 28 heavy (non-hydrogen) atoms. The van der Waals surface area contributed by atoms with E-state index in [1.807, 2.05) is 29.2 Å². The number of aryl methyl sites for hydroxylation is 2. The summed E-state index contributed by atoms with van der Waals surface area (Å²) in [6.45, 7) is 9.00. The van der Waals surface area contributed by atoms with E-state index in [1.54, 1.807) is 18.7 Å². The Labute approximate surface area is 171 Å². The van der Waals surface area contributed by atoms with E-state index in [9.17, 15) is 9.59 Å². The SMILES string of the molecule is CC(=O)N1CCN(CC(=O)Nc2ccc(Sc3cc(C)ccc3C)cc2)CC1. The number of benzene rings is 2. The number of anilines is 1. The smallest absolute Gasteiger partial charge is 0.238 e. The topological polar surface area (TPSA) is 52.7 Å². The van der Waals surface area contributed by atoms with Crippen molar-refractivity contribution < 1.29 is 9.59 Å². The summed E-state index contributed by atoms with van der Waals surface area (Å²) in [4.78, 5) is 30.0. The number of hydrogen-bond donors (Lipinski definition) is 1. The van der Waals surface area contributed by atoms with Gasteiger partial charge in [0.1, 0.15) is 0 Å².